The third kappa shape index (κ3) is 4.28. The van der Waals surface area contributed by atoms with Crippen LogP contribution in [0.5, 0.6) is 0 Å². The molecule has 28 heavy (non-hydrogen) atoms. The number of hydrogen-bond donors (Lipinski definition) is 1. The van der Waals surface area contributed by atoms with Gasteiger partial charge < -0.3 is 20.0 Å². The summed E-state index contributed by atoms with van der Waals surface area (Å²) < 4.78 is 0. The summed E-state index contributed by atoms with van der Waals surface area (Å²) >= 11 is 0. The smallest absolute Gasteiger partial charge is 0.246 e. The number of hydrogen-bond acceptors (Lipinski definition) is 4. The minimum absolute atomic E-state index is 0.0116. The monoisotopic (exact) mass is 384 g/mol. The summed E-state index contributed by atoms with van der Waals surface area (Å²) in [5, 5.41) is 3.24. The number of nitrogens with zero attached hydrogens (tertiary/aromatic N) is 3. The third-order valence-electron chi connectivity index (χ3n) is 5.91. The Labute approximate surface area is 168 Å². The van der Waals surface area contributed by atoms with Crippen LogP contribution in [0.2, 0.25) is 0 Å². The van der Waals surface area contributed by atoms with Crippen molar-refractivity contribution in [2.45, 2.75) is 24.9 Å². The van der Waals surface area contributed by atoms with Gasteiger partial charge in [-0.15, -0.1) is 0 Å². The van der Waals surface area contributed by atoms with E-state index in [4.69, 9.17) is 0 Å². The molecule has 6 heteroatoms. The van der Waals surface area contributed by atoms with Gasteiger partial charge in [0, 0.05) is 45.1 Å². The number of likely N-dealkylation sites (tertiary alicyclic amines) is 2. The van der Waals surface area contributed by atoms with Gasteiger partial charge in [-0.1, -0.05) is 36.4 Å². The van der Waals surface area contributed by atoms with Crippen LogP contribution in [0, 0.1) is 5.92 Å². The average Bonchev–Trinajstić information content (AvgIpc) is 2.96. The summed E-state index contributed by atoms with van der Waals surface area (Å²) in [5.74, 6) is 0.139. The lowest BCUT2D eigenvalue weighted by molar-refractivity contribution is -0.128. The van der Waals surface area contributed by atoms with Crippen LogP contribution in [0.1, 0.15) is 24.9 Å². The fourth-order valence-corrected chi connectivity index (χ4v) is 4.68. The molecular weight excluding hydrogens is 352 g/mol. The van der Waals surface area contributed by atoms with Crippen LogP contribution in [-0.4, -0.2) is 79.4 Å². The van der Waals surface area contributed by atoms with Gasteiger partial charge in [0.2, 0.25) is 11.8 Å². The molecule has 2 aliphatic heterocycles. The first-order valence-electron chi connectivity index (χ1n) is 9.96. The molecule has 3 atom stereocenters. The minimum atomic E-state index is -0.371. The standard InChI is InChI=1S/C22H32N4O2/c1-17(27)23-22-12-14-25(4)15-19(22)21(18-9-6-5-7-10-18)26(16-22)20(28)11-8-13-24(2)3/h5-11,19,21H,12-16H2,1-4H3,(H,23,27)/b11-8+/t19-,21-,22-/m1/s1. The summed E-state index contributed by atoms with van der Waals surface area (Å²) in [4.78, 5) is 31.5. The van der Waals surface area contributed by atoms with E-state index in [1.54, 1.807) is 13.0 Å². The highest BCUT2D eigenvalue weighted by atomic mass is 16.2. The fraction of sp³-hybridized carbons (Fsp3) is 0.545. The Morgan fingerprint density at radius 2 is 2.00 bits per heavy atom. The summed E-state index contributed by atoms with van der Waals surface area (Å²) in [6.45, 7) is 4.61. The average molecular weight is 385 g/mol. The molecule has 2 fully saturated rings. The second-order valence-electron chi connectivity index (χ2n) is 8.44. The maximum absolute atomic E-state index is 13.2. The lowest BCUT2D eigenvalue weighted by Crippen LogP contribution is -2.60. The maximum atomic E-state index is 13.2. The van der Waals surface area contributed by atoms with Crippen molar-refractivity contribution in [1.29, 1.82) is 0 Å². The van der Waals surface area contributed by atoms with E-state index in [2.05, 4.69) is 29.4 Å². The van der Waals surface area contributed by atoms with E-state index >= 15 is 0 Å². The van der Waals surface area contributed by atoms with Gasteiger partial charge in [-0.05, 0) is 33.1 Å². The SMILES string of the molecule is CC(=O)N[C@@]12CCN(C)C[C@@H]1[C@@H](c1ccccc1)N(C(=O)/C=C/CN(C)C)C2. The van der Waals surface area contributed by atoms with Crippen LogP contribution < -0.4 is 5.32 Å². The fourth-order valence-electron chi connectivity index (χ4n) is 4.68. The molecule has 6 nitrogen and oxygen atoms in total. The Bertz CT molecular complexity index is 733. The summed E-state index contributed by atoms with van der Waals surface area (Å²) in [5.41, 5.74) is 0.758. The Morgan fingerprint density at radius 3 is 2.64 bits per heavy atom. The predicted molar refractivity (Wildman–Crippen MR) is 111 cm³/mol. The zero-order valence-electron chi connectivity index (χ0n) is 17.4. The largest absolute Gasteiger partial charge is 0.349 e. The third-order valence-corrected chi connectivity index (χ3v) is 5.91. The zero-order valence-corrected chi connectivity index (χ0v) is 17.4. The lowest BCUT2D eigenvalue weighted by Gasteiger charge is -2.43. The summed E-state index contributed by atoms with van der Waals surface area (Å²) in [7, 11) is 6.07. The molecule has 0 aromatic heterocycles. The van der Waals surface area contributed by atoms with Crippen LogP contribution in [0.15, 0.2) is 42.5 Å². The normalized spacial score (nSPS) is 28.0. The summed E-state index contributed by atoms with van der Waals surface area (Å²) in [6, 6.07) is 10.2. The van der Waals surface area contributed by atoms with Gasteiger partial charge in [-0.3, -0.25) is 9.59 Å². The van der Waals surface area contributed by atoms with E-state index in [1.165, 1.54) is 0 Å². The number of nitrogens with one attached hydrogen (secondary N) is 1. The Morgan fingerprint density at radius 1 is 1.29 bits per heavy atom. The van der Waals surface area contributed by atoms with Gasteiger partial charge in [0.25, 0.3) is 0 Å². The van der Waals surface area contributed by atoms with E-state index in [9.17, 15) is 9.59 Å². The summed E-state index contributed by atoms with van der Waals surface area (Å²) in [6.07, 6.45) is 4.43. The molecule has 2 amide bonds. The molecule has 152 valence electrons. The first-order chi connectivity index (χ1) is 13.3. The number of amides is 2. The molecule has 2 saturated heterocycles. The van der Waals surface area contributed by atoms with E-state index < -0.39 is 0 Å². The number of carbonyl (C=O) groups excluding carboxylic acids is 2. The van der Waals surface area contributed by atoms with Crippen LogP contribution in [0.3, 0.4) is 0 Å². The molecule has 0 unspecified atom stereocenters. The van der Waals surface area contributed by atoms with Crippen LogP contribution in [0.4, 0.5) is 0 Å². The lowest BCUT2D eigenvalue weighted by atomic mass is 9.76. The topological polar surface area (TPSA) is 55.9 Å². The zero-order chi connectivity index (χ0) is 20.3. The molecule has 0 spiro atoms. The van der Waals surface area contributed by atoms with Gasteiger partial charge in [0.15, 0.2) is 0 Å². The molecular formula is C22H32N4O2. The molecule has 2 heterocycles. The van der Waals surface area contributed by atoms with Crippen molar-refractivity contribution < 1.29 is 9.59 Å². The number of carbonyl (C=O) groups is 2. The highest BCUT2D eigenvalue weighted by Crippen LogP contribution is 2.47. The van der Waals surface area contributed by atoms with E-state index in [1.807, 2.05) is 48.2 Å². The van der Waals surface area contributed by atoms with Gasteiger partial charge in [0.1, 0.15) is 0 Å². The van der Waals surface area contributed by atoms with Crippen molar-refractivity contribution in [2.24, 2.45) is 5.92 Å². The van der Waals surface area contributed by atoms with Crippen molar-refractivity contribution in [3.8, 4) is 0 Å². The molecule has 0 bridgehead atoms. The van der Waals surface area contributed by atoms with Gasteiger partial charge in [-0.25, -0.2) is 0 Å². The highest BCUT2D eigenvalue weighted by molar-refractivity contribution is 5.88. The molecule has 1 aromatic carbocycles. The van der Waals surface area contributed by atoms with Crippen LogP contribution in [-0.2, 0) is 9.59 Å². The first-order valence-corrected chi connectivity index (χ1v) is 9.96. The number of rotatable bonds is 5. The number of fused-ring (bicyclic) bond motifs is 1. The minimum Gasteiger partial charge on any atom is -0.349 e. The van der Waals surface area contributed by atoms with E-state index in [0.29, 0.717) is 6.54 Å². The van der Waals surface area contributed by atoms with E-state index in [0.717, 1.165) is 31.6 Å². The highest BCUT2D eigenvalue weighted by Gasteiger charge is 2.56. The van der Waals surface area contributed by atoms with Crippen molar-refractivity contribution in [3.05, 3.63) is 48.0 Å². The quantitative estimate of drug-likeness (QED) is 0.782. The van der Waals surface area contributed by atoms with Crippen molar-refractivity contribution in [1.82, 2.24) is 20.0 Å². The van der Waals surface area contributed by atoms with Gasteiger partial charge in [-0.2, -0.15) is 0 Å². The molecule has 1 aromatic rings. The molecule has 0 aliphatic carbocycles. The van der Waals surface area contributed by atoms with Crippen molar-refractivity contribution >= 4 is 11.8 Å². The Kier molecular flexibility index (Phi) is 6.20. The van der Waals surface area contributed by atoms with Gasteiger partial charge in [0.05, 0.1) is 11.6 Å². The second kappa shape index (κ2) is 8.45. The Hall–Kier alpha value is -2.18. The number of piperidine rings is 1. The van der Waals surface area contributed by atoms with Crippen molar-refractivity contribution in [3.63, 3.8) is 0 Å². The molecule has 1 N–H and O–H groups in total. The number of benzene rings is 1. The van der Waals surface area contributed by atoms with E-state index in [-0.39, 0.29) is 29.3 Å². The van der Waals surface area contributed by atoms with Crippen molar-refractivity contribution in [2.75, 3.05) is 47.3 Å². The first kappa shape index (κ1) is 20.6. The molecule has 3 rings (SSSR count). The van der Waals surface area contributed by atoms with Crippen LogP contribution >= 0.6 is 0 Å². The molecule has 0 saturated carbocycles. The van der Waals surface area contributed by atoms with Crippen LogP contribution in [0.25, 0.3) is 0 Å². The van der Waals surface area contributed by atoms with Gasteiger partial charge >= 0.3 is 0 Å². The predicted octanol–water partition coefficient (Wildman–Crippen LogP) is 1.51. The molecule has 2 aliphatic rings. The maximum Gasteiger partial charge on any atom is 0.246 e. The molecule has 0 radical (unpaired) electrons. The Balaban J connectivity index is 1.98. The second-order valence-corrected chi connectivity index (χ2v) is 8.44. The number of likely N-dealkylation sites (N-methyl/N-ethyl adjacent to an activating group) is 1.